The van der Waals surface area contributed by atoms with Crippen molar-refractivity contribution in [1.29, 1.82) is 0 Å². The van der Waals surface area contributed by atoms with Gasteiger partial charge in [0.15, 0.2) is 34.8 Å². The van der Waals surface area contributed by atoms with Crippen LogP contribution in [0.4, 0.5) is 8.78 Å². The quantitative estimate of drug-likeness (QED) is 0.232. The summed E-state index contributed by atoms with van der Waals surface area (Å²) < 4.78 is 47.6. The molecule has 0 saturated heterocycles. The molecule has 1 N–H and O–H groups in total. The lowest BCUT2D eigenvalue weighted by atomic mass is 9.91. The monoisotopic (exact) mass is 603 g/mol. The summed E-state index contributed by atoms with van der Waals surface area (Å²) in [5, 5.41) is 19.1. The van der Waals surface area contributed by atoms with Gasteiger partial charge in [-0.1, -0.05) is 17.3 Å². The molecule has 12 heteroatoms. The van der Waals surface area contributed by atoms with Crippen LogP contribution in [0, 0.1) is 25.5 Å². The molecule has 2 aromatic carbocycles. The van der Waals surface area contributed by atoms with E-state index in [1.54, 1.807) is 45.9 Å². The van der Waals surface area contributed by atoms with E-state index in [1.807, 2.05) is 6.92 Å². The number of nitrogens with zero attached hydrogens (tertiary/aromatic N) is 5. The van der Waals surface area contributed by atoms with Crippen LogP contribution >= 0.6 is 0 Å². The van der Waals surface area contributed by atoms with Crippen LogP contribution in [0.2, 0.25) is 0 Å². The third-order valence-electron chi connectivity index (χ3n) is 7.44. The molecule has 1 aliphatic heterocycles. The number of carbonyl (C=O) groups is 1. The topological polar surface area (TPSA) is 125 Å². The number of aryl methyl sites for hydroxylation is 1. The van der Waals surface area contributed by atoms with Gasteiger partial charge < -0.3 is 19.1 Å². The summed E-state index contributed by atoms with van der Waals surface area (Å²) in [5.41, 5.74) is 3.48. The Morgan fingerprint density at radius 3 is 2.59 bits per heavy atom. The van der Waals surface area contributed by atoms with E-state index in [0.717, 1.165) is 23.1 Å². The van der Waals surface area contributed by atoms with Crippen molar-refractivity contribution in [3.8, 4) is 28.6 Å². The minimum atomic E-state index is -1.44. The third-order valence-corrected chi connectivity index (χ3v) is 7.44. The van der Waals surface area contributed by atoms with E-state index in [0.29, 0.717) is 47.9 Å². The number of carboxylic acids is 1. The van der Waals surface area contributed by atoms with Crippen LogP contribution in [-0.2, 0) is 22.4 Å². The number of aliphatic carboxylic acids is 1. The maximum absolute atomic E-state index is 15.6. The maximum Gasteiger partial charge on any atom is 0.337 e. The number of hydrogen-bond donors (Lipinski definition) is 1. The van der Waals surface area contributed by atoms with Gasteiger partial charge in [-0.2, -0.15) is 10.1 Å². The van der Waals surface area contributed by atoms with E-state index in [2.05, 4.69) is 15.1 Å². The predicted octanol–water partition coefficient (Wildman–Crippen LogP) is 6.20. The zero-order valence-electron chi connectivity index (χ0n) is 24.9. The van der Waals surface area contributed by atoms with Gasteiger partial charge in [0.1, 0.15) is 5.82 Å². The summed E-state index contributed by atoms with van der Waals surface area (Å²) in [5.74, 6) is -1.43. The summed E-state index contributed by atoms with van der Waals surface area (Å²) in [6.07, 6.45) is 0.209. The first-order valence-electron chi connectivity index (χ1n) is 14.2. The van der Waals surface area contributed by atoms with Crippen molar-refractivity contribution >= 4 is 11.6 Å². The number of benzene rings is 2. The fourth-order valence-electron chi connectivity index (χ4n) is 5.52. The van der Waals surface area contributed by atoms with E-state index in [-0.39, 0.29) is 28.7 Å². The van der Waals surface area contributed by atoms with Crippen molar-refractivity contribution in [2.24, 2.45) is 0 Å². The van der Waals surface area contributed by atoms with Crippen molar-refractivity contribution in [3.05, 3.63) is 81.8 Å². The van der Waals surface area contributed by atoms with Crippen LogP contribution in [0.1, 0.15) is 67.1 Å². The second-order valence-corrected chi connectivity index (χ2v) is 11.8. The number of carboxylic acid groups (broad SMARTS) is 1. The number of rotatable bonds is 7. The van der Waals surface area contributed by atoms with Crippen molar-refractivity contribution in [2.45, 2.75) is 65.6 Å². The lowest BCUT2D eigenvalue weighted by molar-refractivity contribution is -0.160. The Morgan fingerprint density at radius 1 is 1.14 bits per heavy atom. The normalized spacial score (nSPS) is 14.0. The summed E-state index contributed by atoms with van der Waals surface area (Å²) >= 11 is 0. The van der Waals surface area contributed by atoms with Crippen molar-refractivity contribution in [3.63, 3.8) is 0 Å². The zero-order chi connectivity index (χ0) is 31.3. The van der Waals surface area contributed by atoms with Crippen molar-refractivity contribution in [1.82, 2.24) is 24.7 Å². The SMILES string of the molecule is Cc1nc2cc(-c3nc(Cc4ccc(F)cc4)no3)nn2c(-c2cc(F)c3c(c2C)CCCO3)c1C(OC(C)(C)C)C(=O)O. The minimum absolute atomic E-state index is 0.111. The molecular weight excluding hydrogens is 572 g/mol. The fourth-order valence-corrected chi connectivity index (χ4v) is 5.52. The molecule has 0 radical (unpaired) electrons. The molecule has 6 rings (SSSR count). The van der Waals surface area contributed by atoms with E-state index >= 15 is 4.39 Å². The largest absolute Gasteiger partial charge is 0.490 e. The number of hydrogen-bond acceptors (Lipinski definition) is 8. The van der Waals surface area contributed by atoms with Crippen LogP contribution in [0.5, 0.6) is 5.75 Å². The number of aromatic nitrogens is 5. The second-order valence-electron chi connectivity index (χ2n) is 11.8. The smallest absolute Gasteiger partial charge is 0.337 e. The second kappa shape index (κ2) is 11.1. The molecule has 3 aromatic heterocycles. The molecule has 0 amide bonds. The zero-order valence-corrected chi connectivity index (χ0v) is 24.9. The number of ether oxygens (including phenoxy) is 2. The molecule has 5 aromatic rings. The number of halogens is 2. The van der Waals surface area contributed by atoms with Gasteiger partial charge in [-0.15, -0.1) is 0 Å². The van der Waals surface area contributed by atoms with E-state index in [9.17, 15) is 14.3 Å². The highest BCUT2D eigenvalue weighted by Crippen LogP contribution is 2.42. The van der Waals surface area contributed by atoms with Gasteiger partial charge in [0.25, 0.3) is 5.89 Å². The van der Waals surface area contributed by atoms with Crippen LogP contribution in [0.25, 0.3) is 28.5 Å². The van der Waals surface area contributed by atoms with Crippen LogP contribution < -0.4 is 4.74 Å². The molecule has 228 valence electrons. The minimum Gasteiger partial charge on any atom is -0.490 e. The van der Waals surface area contributed by atoms with Gasteiger partial charge in [-0.25, -0.2) is 23.1 Å². The average molecular weight is 604 g/mol. The molecular formula is C32H31F2N5O5. The van der Waals surface area contributed by atoms with E-state index in [4.69, 9.17) is 19.1 Å². The molecule has 0 saturated carbocycles. The van der Waals surface area contributed by atoms with Crippen LogP contribution in [-0.4, -0.2) is 48.0 Å². The highest BCUT2D eigenvalue weighted by molar-refractivity contribution is 5.82. The highest BCUT2D eigenvalue weighted by Gasteiger charge is 2.35. The molecule has 44 heavy (non-hydrogen) atoms. The number of fused-ring (bicyclic) bond motifs is 2. The molecule has 4 heterocycles. The first-order valence-corrected chi connectivity index (χ1v) is 14.2. The molecule has 10 nitrogen and oxygen atoms in total. The molecule has 0 fully saturated rings. The Kier molecular flexibility index (Phi) is 7.40. The third kappa shape index (κ3) is 5.52. The lowest BCUT2D eigenvalue weighted by Gasteiger charge is -2.28. The predicted molar refractivity (Wildman–Crippen MR) is 155 cm³/mol. The molecule has 1 unspecified atom stereocenters. The highest BCUT2D eigenvalue weighted by atomic mass is 19.1. The van der Waals surface area contributed by atoms with Gasteiger partial charge in [0.05, 0.1) is 17.9 Å². The molecule has 1 aliphatic rings. The Morgan fingerprint density at radius 2 is 1.89 bits per heavy atom. The summed E-state index contributed by atoms with van der Waals surface area (Å²) in [6.45, 7) is 9.25. The Hall–Kier alpha value is -4.71. The van der Waals surface area contributed by atoms with Crippen LogP contribution in [0.3, 0.4) is 0 Å². The summed E-state index contributed by atoms with van der Waals surface area (Å²) in [6, 6.07) is 8.99. The summed E-state index contributed by atoms with van der Waals surface area (Å²) in [7, 11) is 0. The van der Waals surface area contributed by atoms with Gasteiger partial charge in [-0.05, 0) is 76.8 Å². The molecule has 0 bridgehead atoms. The first kappa shape index (κ1) is 29.4. The fraction of sp³-hybridized carbons (Fsp3) is 0.344. The molecule has 0 spiro atoms. The molecule has 0 aliphatic carbocycles. The lowest BCUT2D eigenvalue weighted by Crippen LogP contribution is -2.29. The van der Waals surface area contributed by atoms with Gasteiger partial charge in [-0.3, -0.25) is 0 Å². The van der Waals surface area contributed by atoms with E-state index in [1.165, 1.54) is 22.7 Å². The molecule has 1 atom stereocenters. The Bertz CT molecular complexity index is 1890. The van der Waals surface area contributed by atoms with Gasteiger partial charge >= 0.3 is 5.97 Å². The summed E-state index contributed by atoms with van der Waals surface area (Å²) in [4.78, 5) is 21.8. The van der Waals surface area contributed by atoms with Crippen molar-refractivity contribution in [2.75, 3.05) is 6.61 Å². The van der Waals surface area contributed by atoms with Crippen molar-refractivity contribution < 1.29 is 32.7 Å². The van der Waals surface area contributed by atoms with Gasteiger partial charge in [0.2, 0.25) is 0 Å². The van der Waals surface area contributed by atoms with E-state index < -0.39 is 23.5 Å². The maximum atomic E-state index is 15.6. The standard InChI is InChI=1S/C32H31F2N5O5/c1-16-20-7-6-12-42-28(20)22(34)14-21(16)27-26(29(31(40)41)43-32(3,4)5)17(2)35-25-15-23(37-39(25)27)30-36-24(38-44-30)13-18-8-10-19(33)11-9-18/h8-11,14-15,29H,6-7,12-13H2,1-5H3,(H,40,41). The Balaban J connectivity index is 1.55. The average Bonchev–Trinajstić information content (AvgIpc) is 3.61. The Labute approximate surface area is 251 Å². The first-order chi connectivity index (χ1) is 20.9. The van der Waals surface area contributed by atoms with Crippen LogP contribution in [0.15, 0.2) is 40.9 Å². The van der Waals surface area contributed by atoms with Gasteiger partial charge in [0, 0.05) is 34.9 Å².